The Morgan fingerprint density at radius 1 is 1.48 bits per heavy atom. The summed E-state index contributed by atoms with van der Waals surface area (Å²) in [5.41, 5.74) is 2.48. The van der Waals surface area contributed by atoms with Crippen LogP contribution < -0.4 is 0 Å². The summed E-state index contributed by atoms with van der Waals surface area (Å²) in [4.78, 5) is 18.9. The van der Waals surface area contributed by atoms with Crippen LogP contribution in [0.3, 0.4) is 0 Å². The van der Waals surface area contributed by atoms with Crippen molar-refractivity contribution >= 4 is 39.1 Å². The lowest BCUT2D eigenvalue weighted by Crippen LogP contribution is -2.42. The van der Waals surface area contributed by atoms with E-state index < -0.39 is 0 Å². The number of hydrogen-bond acceptors (Lipinski definition) is 5. The van der Waals surface area contributed by atoms with Crippen molar-refractivity contribution in [1.82, 2.24) is 19.5 Å². The Morgan fingerprint density at radius 3 is 2.91 bits per heavy atom. The van der Waals surface area contributed by atoms with Crippen LogP contribution in [0, 0.1) is 0 Å². The zero-order valence-corrected chi connectivity index (χ0v) is 15.0. The molecule has 0 radical (unpaired) electrons. The summed E-state index contributed by atoms with van der Waals surface area (Å²) in [6.45, 7) is 0.857. The Bertz CT molecular complexity index is 800. The van der Waals surface area contributed by atoms with Crippen molar-refractivity contribution in [3.8, 4) is 0 Å². The quantitative estimate of drug-likeness (QED) is 0.574. The van der Waals surface area contributed by atoms with E-state index in [1.54, 1.807) is 10.7 Å². The smallest absolute Gasteiger partial charge is 0.319 e. The Labute approximate surface area is 146 Å². The van der Waals surface area contributed by atoms with Crippen LogP contribution in [0.1, 0.15) is 36.9 Å². The first-order valence-electron chi connectivity index (χ1n) is 7.61. The van der Waals surface area contributed by atoms with E-state index in [-0.39, 0.29) is 18.1 Å². The topological polar surface area (TPSA) is 59.7 Å². The molecule has 0 N–H and O–H groups in total. The van der Waals surface area contributed by atoms with Gasteiger partial charge in [-0.05, 0) is 28.8 Å². The summed E-state index contributed by atoms with van der Waals surface area (Å²) in [5.74, 6) is -0.230. The first-order valence-corrected chi connectivity index (χ1v) is 8.78. The van der Waals surface area contributed by atoms with E-state index >= 15 is 0 Å². The molecule has 1 spiro atoms. The van der Waals surface area contributed by atoms with Gasteiger partial charge >= 0.3 is 5.97 Å². The molecule has 0 atom stereocenters. The number of carbonyl (C=O) groups is 1. The molecule has 3 heterocycles. The number of aromatic nitrogens is 3. The van der Waals surface area contributed by atoms with Gasteiger partial charge in [0, 0.05) is 12.1 Å². The summed E-state index contributed by atoms with van der Waals surface area (Å²) in [7, 11) is 1.42. The monoisotopic (exact) mass is 398 g/mol. The normalized spacial score (nSPS) is 19.6. The molecule has 2 aromatic rings. The maximum Gasteiger partial charge on any atom is 0.319 e. The third kappa shape index (κ3) is 2.13. The minimum Gasteiger partial charge on any atom is -0.468 e. The molecule has 0 unspecified atom stereocenters. The van der Waals surface area contributed by atoms with Gasteiger partial charge in [0.15, 0.2) is 5.65 Å². The second-order valence-electron chi connectivity index (χ2n) is 6.13. The molecule has 0 amide bonds. The van der Waals surface area contributed by atoms with Gasteiger partial charge in [-0.15, -0.1) is 0 Å². The van der Waals surface area contributed by atoms with Crippen molar-refractivity contribution in [2.75, 3.05) is 13.7 Å². The molecule has 6 nitrogen and oxygen atoms in total. The second kappa shape index (κ2) is 5.43. The molecule has 1 aliphatic carbocycles. The highest BCUT2D eigenvalue weighted by Gasteiger charge is 2.50. The van der Waals surface area contributed by atoms with Crippen molar-refractivity contribution in [1.29, 1.82) is 0 Å². The highest BCUT2D eigenvalue weighted by molar-refractivity contribution is 9.10. The number of methoxy groups -OCH3 is 1. The summed E-state index contributed by atoms with van der Waals surface area (Å²) >= 11 is 10.1. The lowest BCUT2D eigenvalue weighted by molar-refractivity contribution is -0.143. The van der Waals surface area contributed by atoms with E-state index in [2.05, 4.69) is 25.9 Å². The molecule has 1 fully saturated rings. The predicted octanol–water partition coefficient (Wildman–Crippen LogP) is 2.90. The zero-order valence-electron chi connectivity index (χ0n) is 12.7. The number of rotatable bonds is 2. The van der Waals surface area contributed by atoms with E-state index in [1.165, 1.54) is 7.11 Å². The fraction of sp³-hybridized carbons (Fsp3) is 0.533. The summed E-state index contributed by atoms with van der Waals surface area (Å²) in [6, 6.07) is 0. The van der Waals surface area contributed by atoms with Gasteiger partial charge in [0.1, 0.15) is 5.15 Å². The van der Waals surface area contributed by atoms with Crippen molar-refractivity contribution in [2.24, 2.45) is 0 Å². The molecule has 122 valence electrons. The summed E-state index contributed by atoms with van der Waals surface area (Å²) in [6.07, 6.45) is 5.94. The number of ether oxygens (including phenoxy) is 1. The predicted molar refractivity (Wildman–Crippen MR) is 88.3 cm³/mol. The molecule has 1 saturated carbocycles. The summed E-state index contributed by atoms with van der Waals surface area (Å²) < 4.78 is 7.34. The summed E-state index contributed by atoms with van der Waals surface area (Å²) in [5, 5.41) is 4.86. The fourth-order valence-electron chi connectivity index (χ4n) is 3.92. The van der Waals surface area contributed by atoms with Crippen LogP contribution in [-0.4, -0.2) is 39.1 Å². The molecule has 2 aliphatic rings. The molecule has 0 saturated heterocycles. The van der Waals surface area contributed by atoms with Crippen LogP contribution in [0.4, 0.5) is 0 Å². The Kier molecular flexibility index (Phi) is 3.62. The van der Waals surface area contributed by atoms with Gasteiger partial charge in [0.2, 0.25) is 0 Å². The van der Waals surface area contributed by atoms with Crippen LogP contribution in [0.15, 0.2) is 10.7 Å². The Morgan fingerprint density at radius 2 is 2.22 bits per heavy atom. The molecular weight excluding hydrogens is 384 g/mol. The maximum atomic E-state index is 11.8. The van der Waals surface area contributed by atoms with Gasteiger partial charge in [0.25, 0.3) is 0 Å². The van der Waals surface area contributed by atoms with Crippen LogP contribution in [0.2, 0.25) is 5.15 Å². The molecule has 8 heteroatoms. The Hall–Kier alpha value is -1.18. The van der Waals surface area contributed by atoms with Crippen LogP contribution >= 0.6 is 27.5 Å². The maximum absolute atomic E-state index is 11.8. The number of halogens is 2. The zero-order chi connectivity index (χ0) is 16.2. The van der Waals surface area contributed by atoms with Crippen LogP contribution in [0.25, 0.3) is 5.65 Å². The number of esters is 1. The lowest BCUT2D eigenvalue weighted by Gasteiger charge is -2.34. The van der Waals surface area contributed by atoms with Gasteiger partial charge in [-0.1, -0.05) is 24.4 Å². The number of carbonyl (C=O) groups excluding carboxylic acids is 1. The minimum absolute atomic E-state index is 0.210. The van der Waals surface area contributed by atoms with E-state index in [1.807, 2.05) is 0 Å². The third-order valence-electron chi connectivity index (χ3n) is 5.01. The molecule has 2 aromatic heterocycles. The van der Waals surface area contributed by atoms with Crippen LogP contribution in [-0.2, 0) is 21.6 Å². The van der Waals surface area contributed by atoms with Crippen molar-refractivity contribution in [2.45, 2.75) is 37.8 Å². The Balaban J connectivity index is 1.88. The lowest BCUT2D eigenvalue weighted by atomic mass is 9.92. The molecule has 23 heavy (non-hydrogen) atoms. The second-order valence-corrected chi connectivity index (χ2v) is 7.34. The van der Waals surface area contributed by atoms with Gasteiger partial charge in [-0.2, -0.15) is 5.10 Å². The number of nitrogens with zero attached hydrogens (tertiary/aromatic N) is 4. The highest BCUT2D eigenvalue weighted by Crippen LogP contribution is 2.50. The standard InChI is InChI=1S/C15H16BrClN4O2/c1-23-11(22)8-20-7-9-12(15(20)4-2-3-5-15)19-14-10(16)6-18-21(14)13(9)17/h6H,2-5,7-8H2,1H3. The number of hydrogen-bond donors (Lipinski definition) is 0. The van der Waals surface area contributed by atoms with E-state index in [0.29, 0.717) is 11.7 Å². The van der Waals surface area contributed by atoms with E-state index in [9.17, 15) is 4.79 Å². The van der Waals surface area contributed by atoms with Gasteiger partial charge < -0.3 is 4.74 Å². The molecule has 0 aromatic carbocycles. The van der Waals surface area contributed by atoms with Gasteiger partial charge in [-0.25, -0.2) is 9.50 Å². The van der Waals surface area contributed by atoms with Crippen molar-refractivity contribution < 1.29 is 9.53 Å². The molecule has 0 bridgehead atoms. The molecule has 1 aliphatic heterocycles. The SMILES string of the molecule is COC(=O)CN1Cc2c(nc3c(Br)cnn3c2Cl)C12CCCC2. The average Bonchev–Trinajstić information content (AvgIpc) is 3.23. The first kappa shape index (κ1) is 15.4. The minimum atomic E-state index is -0.230. The van der Waals surface area contributed by atoms with Gasteiger partial charge in [0.05, 0.1) is 35.6 Å². The molecule has 4 rings (SSSR count). The highest BCUT2D eigenvalue weighted by atomic mass is 79.9. The van der Waals surface area contributed by atoms with Crippen LogP contribution in [0.5, 0.6) is 0 Å². The average molecular weight is 400 g/mol. The van der Waals surface area contributed by atoms with Crippen molar-refractivity contribution in [3.05, 3.63) is 27.1 Å². The van der Waals surface area contributed by atoms with Crippen molar-refractivity contribution in [3.63, 3.8) is 0 Å². The van der Waals surface area contributed by atoms with Gasteiger partial charge in [-0.3, -0.25) is 9.69 Å². The van der Waals surface area contributed by atoms with E-state index in [0.717, 1.165) is 47.1 Å². The third-order valence-corrected chi connectivity index (χ3v) is 5.96. The largest absolute Gasteiger partial charge is 0.468 e. The number of fused-ring (bicyclic) bond motifs is 3. The molecular formula is C15H16BrClN4O2. The first-order chi connectivity index (χ1) is 11.1. The fourth-order valence-corrected chi connectivity index (χ4v) is 4.54. The van der Waals surface area contributed by atoms with E-state index in [4.69, 9.17) is 21.3 Å².